The number of urea groups is 1. The van der Waals surface area contributed by atoms with E-state index in [1.165, 1.54) is 0 Å². The normalized spacial score (nSPS) is 13.6. The minimum atomic E-state index is -0.289. The van der Waals surface area contributed by atoms with Crippen molar-refractivity contribution in [1.82, 2.24) is 19.8 Å². The lowest BCUT2D eigenvalue weighted by molar-refractivity contribution is 0.0793. The Bertz CT molecular complexity index is 1090. The molecule has 0 atom stereocenters. The summed E-state index contributed by atoms with van der Waals surface area (Å²) in [6.45, 7) is 4.52. The monoisotopic (exact) mass is 425 g/mol. The number of likely N-dealkylation sites (tertiary alicyclic amines) is 1. The summed E-state index contributed by atoms with van der Waals surface area (Å²) in [6.07, 6.45) is 3.87. The fourth-order valence-corrected chi connectivity index (χ4v) is 3.85. The largest absolute Gasteiger partial charge is 0.339 e. The van der Waals surface area contributed by atoms with Gasteiger partial charge in [-0.25, -0.2) is 9.78 Å². The number of rotatable bonds is 5. The first-order chi connectivity index (χ1) is 14.5. The molecule has 0 spiro atoms. The number of halogens is 1. The molecular formula is C22H24ClN5O2. The Morgan fingerprint density at radius 2 is 1.97 bits per heavy atom. The first-order valence-corrected chi connectivity index (χ1v) is 10.4. The molecule has 8 heteroatoms. The van der Waals surface area contributed by atoms with Gasteiger partial charge >= 0.3 is 6.03 Å². The SMILES string of the molecule is Cc1c(Cl)cccc1NC(=O)NCCn1cnc2cc(C(=O)N3CCCC3)ccc21. The van der Waals surface area contributed by atoms with Crippen LogP contribution in [0.3, 0.4) is 0 Å². The van der Waals surface area contributed by atoms with Crippen LogP contribution in [-0.2, 0) is 6.54 Å². The van der Waals surface area contributed by atoms with Crippen LogP contribution in [0.25, 0.3) is 11.0 Å². The van der Waals surface area contributed by atoms with E-state index in [9.17, 15) is 9.59 Å². The zero-order valence-corrected chi connectivity index (χ0v) is 17.6. The topological polar surface area (TPSA) is 79.3 Å². The average molecular weight is 426 g/mol. The molecule has 1 saturated heterocycles. The molecule has 1 fully saturated rings. The Labute approximate surface area is 180 Å². The maximum Gasteiger partial charge on any atom is 0.319 e. The summed E-state index contributed by atoms with van der Waals surface area (Å²) >= 11 is 6.09. The second-order valence-corrected chi connectivity index (χ2v) is 7.84. The summed E-state index contributed by atoms with van der Waals surface area (Å²) in [5.74, 6) is 0.0681. The van der Waals surface area contributed by atoms with Crippen molar-refractivity contribution in [3.05, 3.63) is 58.9 Å². The number of carbonyl (C=O) groups is 2. The summed E-state index contributed by atoms with van der Waals surface area (Å²) in [4.78, 5) is 31.1. The number of imidazole rings is 1. The predicted molar refractivity (Wildman–Crippen MR) is 118 cm³/mol. The molecule has 30 heavy (non-hydrogen) atoms. The summed E-state index contributed by atoms with van der Waals surface area (Å²) in [6, 6.07) is 10.7. The standard InChI is InChI=1S/C22H24ClN5O2/c1-15-17(23)5-4-6-18(15)26-22(30)24-9-12-28-14-25-19-13-16(7-8-20(19)28)21(29)27-10-2-3-11-27/h4-8,13-14H,2-3,9-12H2,1H3,(H2,24,26,30). The summed E-state index contributed by atoms with van der Waals surface area (Å²) in [5, 5.41) is 6.27. The Morgan fingerprint density at radius 3 is 2.77 bits per heavy atom. The molecule has 2 aromatic carbocycles. The number of anilines is 1. The van der Waals surface area contributed by atoms with Gasteiger partial charge in [0.2, 0.25) is 0 Å². The van der Waals surface area contributed by atoms with Crippen molar-refractivity contribution < 1.29 is 9.59 Å². The van der Waals surface area contributed by atoms with Crippen LogP contribution in [0.15, 0.2) is 42.7 Å². The molecule has 156 valence electrons. The maximum absolute atomic E-state index is 12.6. The van der Waals surface area contributed by atoms with Crippen molar-refractivity contribution in [2.45, 2.75) is 26.3 Å². The lowest BCUT2D eigenvalue weighted by atomic mass is 10.1. The fourth-order valence-electron chi connectivity index (χ4n) is 3.68. The third-order valence-corrected chi connectivity index (χ3v) is 5.82. The fraction of sp³-hybridized carbons (Fsp3) is 0.318. The van der Waals surface area contributed by atoms with Gasteiger partial charge in [-0.1, -0.05) is 17.7 Å². The van der Waals surface area contributed by atoms with Gasteiger partial charge in [0.25, 0.3) is 5.91 Å². The summed E-state index contributed by atoms with van der Waals surface area (Å²) < 4.78 is 1.96. The van der Waals surface area contributed by atoms with Crippen molar-refractivity contribution in [2.24, 2.45) is 0 Å². The van der Waals surface area contributed by atoms with Gasteiger partial charge in [0.05, 0.1) is 17.4 Å². The van der Waals surface area contributed by atoms with Gasteiger partial charge in [-0.15, -0.1) is 0 Å². The maximum atomic E-state index is 12.6. The molecule has 1 aliphatic rings. The van der Waals surface area contributed by atoms with Gasteiger partial charge in [-0.2, -0.15) is 0 Å². The van der Waals surface area contributed by atoms with E-state index >= 15 is 0 Å². The Balaban J connectivity index is 1.35. The number of amides is 3. The quantitative estimate of drug-likeness (QED) is 0.647. The van der Waals surface area contributed by atoms with E-state index in [-0.39, 0.29) is 11.9 Å². The highest BCUT2D eigenvalue weighted by Crippen LogP contribution is 2.23. The average Bonchev–Trinajstić information content (AvgIpc) is 3.41. The Morgan fingerprint density at radius 1 is 1.17 bits per heavy atom. The van der Waals surface area contributed by atoms with E-state index in [2.05, 4.69) is 15.6 Å². The molecule has 3 amide bonds. The van der Waals surface area contributed by atoms with Crippen LogP contribution in [0.5, 0.6) is 0 Å². The molecule has 7 nitrogen and oxygen atoms in total. The summed E-state index contributed by atoms with van der Waals surface area (Å²) in [7, 11) is 0. The number of carbonyl (C=O) groups excluding carboxylic acids is 2. The number of fused-ring (bicyclic) bond motifs is 1. The van der Waals surface area contributed by atoms with Crippen molar-refractivity contribution in [1.29, 1.82) is 0 Å². The van der Waals surface area contributed by atoms with Crippen molar-refractivity contribution >= 4 is 40.3 Å². The van der Waals surface area contributed by atoms with Crippen LogP contribution in [-0.4, -0.2) is 46.0 Å². The number of nitrogens with zero attached hydrogens (tertiary/aromatic N) is 3. The molecule has 0 bridgehead atoms. The first-order valence-electron chi connectivity index (χ1n) is 10.1. The molecule has 0 saturated carbocycles. The van der Waals surface area contributed by atoms with Gasteiger partial charge in [0, 0.05) is 42.5 Å². The molecule has 3 aromatic rings. The van der Waals surface area contributed by atoms with E-state index in [1.807, 2.05) is 40.7 Å². The lowest BCUT2D eigenvalue weighted by Crippen LogP contribution is -2.31. The molecular weight excluding hydrogens is 402 g/mol. The van der Waals surface area contributed by atoms with Crippen LogP contribution in [0.2, 0.25) is 5.02 Å². The second kappa shape index (κ2) is 8.75. The molecule has 2 heterocycles. The molecule has 0 radical (unpaired) electrons. The molecule has 0 unspecified atom stereocenters. The third-order valence-electron chi connectivity index (χ3n) is 5.42. The molecule has 4 rings (SSSR count). The van der Waals surface area contributed by atoms with E-state index in [0.29, 0.717) is 29.4 Å². The number of hydrogen-bond donors (Lipinski definition) is 2. The highest BCUT2D eigenvalue weighted by atomic mass is 35.5. The predicted octanol–water partition coefficient (Wildman–Crippen LogP) is 4.06. The van der Waals surface area contributed by atoms with E-state index in [0.717, 1.165) is 42.5 Å². The molecule has 1 aliphatic heterocycles. The number of aromatic nitrogens is 2. The Hall–Kier alpha value is -3.06. The van der Waals surface area contributed by atoms with Crippen molar-refractivity contribution in [3.8, 4) is 0 Å². The van der Waals surface area contributed by atoms with Crippen LogP contribution in [0, 0.1) is 6.92 Å². The molecule has 0 aliphatic carbocycles. The number of hydrogen-bond acceptors (Lipinski definition) is 3. The minimum Gasteiger partial charge on any atom is -0.339 e. The van der Waals surface area contributed by atoms with Crippen molar-refractivity contribution in [2.75, 3.05) is 25.0 Å². The van der Waals surface area contributed by atoms with Gasteiger partial charge in [-0.05, 0) is 55.7 Å². The highest BCUT2D eigenvalue weighted by Gasteiger charge is 2.20. The molecule has 1 aromatic heterocycles. The van der Waals surface area contributed by atoms with Gasteiger partial charge in [-0.3, -0.25) is 4.79 Å². The van der Waals surface area contributed by atoms with E-state index < -0.39 is 0 Å². The second-order valence-electron chi connectivity index (χ2n) is 7.43. The summed E-state index contributed by atoms with van der Waals surface area (Å²) in [5.41, 5.74) is 3.89. The van der Waals surface area contributed by atoms with Crippen LogP contribution in [0.1, 0.15) is 28.8 Å². The Kier molecular flexibility index (Phi) is 5.90. The van der Waals surface area contributed by atoms with E-state index in [1.54, 1.807) is 18.5 Å². The number of benzene rings is 2. The van der Waals surface area contributed by atoms with Crippen LogP contribution >= 0.6 is 11.6 Å². The van der Waals surface area contributed by atoms with Gasteiger partial charge in [0.15, 0.2) is 0 Å². The zero-order chi connectivity index (χ0) is 21.1. The highest BCUT2D eigenvalue weighted by molar-refractivity contribution is 6.31. The first kappa shape index (κ1) is 20.2. The third kappa shape index (κ3) is 4.26. The van der Waals surface area contributed by atoms with Crippen molar-refractivity contribution in [3.63, 3.8) is 0 Å². The van der Waals surface area contributed by atoms with E-state index in [4.69, 9.17) is 11.6 Å². The minimum absolute atomic E-state index is 0.0681. The molecule has 2 N–H and O–H groups in total. The van der Waals surface area contributed by atoms with Crippen LogP contribution < -0.4 is 10.6 Å². The lowest BCUT2D eigenvalue weighted by Gasteiger charge is -2.15. The smallest absolute Gasteiger partial charge is 0.319 e. The van der Waals surface area contributed by atoms with Gasteiger partial charge < -0.3 is 20.1 Å². The van der Waals surface area contributed by atoms with Crippen LogP contribution in [0.4, 0.5) is 10.5 Å². The van der Waals surface area contributed by atoms with Gasteiger partial charge in [0.1, 0.15) is 0 Å². The number of nitrogens with one attached hydrogen (secondary N) is 2. The zero-order valence-electron chi connectivity index (χ0n) is 16.8.